The second kappa shape index (κ2) is 22.3. The zero-order valence-corrected chi connectivity index (χ0v) is 15.2. The monoisotopic (exact) mass is 310 g/mol. The molecule has 0 heterocycles. The van der Waals surface area contributed by atoms with Crippen LogP contribution in [0.1, 0.15) is 78.6 Å². The molecule has 0 aliphatic heterocycles. The summed E-state index contributed by atoms with van der Waals surface area (Å²) in [6.45, 7) is 10.8. The van der Waals surface area contributed by atoms with E-state index in [1.165, 1.54) is 44.9 Å². The molecule has 22 heavy (non-hydrogen) atoms. The van der Waals surface area contributed by atoms with Gasteiger partial charge in [-0.15, -0.1) is 0 Å². The van der Waals surface area contributed by atoms with E-state index in [0.717, 1.165) is 25.2 Å². The summed E-state index contributed by atoms with van der Waals surface area (Å²) >= 11 is 0. The summed E-state index contributed by atoms with van der Waals surface area (Å²) in [7, 11) is 0. The van der Waals surface area contributed by atoms with E-state index >= 15 is 0 Å². The van der Waals surface area contributed by atoms with Gasteiger partial charge in [0.25, 0.3) is 0 Å². The molecule has 0 aromatic carbocycles. The Hall–Kier alpha value is -1.02. The van der Waals surface area contributed by atoms with Gasteiger partial charge < -0.3 is 9.84 Å². The standard InChI is InChI=1S/C18H32O2.C2H6/c1-3-5-15-18(4-2)20-17-14-12-10-8-6-7-9-11-13-16-19;1-2/h3-5,15,19H,1,6-14,16-17H2,2H3;1-2H3/b15-5-,18-4+;. The van der Waals surface area contributed by atoms with Crippen LogP contribution in [0.2, 0.25) is 0 Å². The fraction of sp³-hybridized carbons (Fsp3) is 0.700. The molecule has 1 N–H and O–H groups in total. The maximum atomic E-state index is 8.67. The summed E-state index contributed by atoms with van der Waals surface area (Å²) in [5.74, 6) is 0.925. The summed E-state index contributed by atoms with van der Waals surface area (Å²) in [4.78, 5) is 0. The van der Waals surface area contributed by atoms with Crippen molar-refractivity contribution >= 4 is 0 Å². The van der Waals surface area contributed by atoms with E-state index < -0.39 is 0 Å². The first kappa shape index (κ1) is 23.2. The number of unbranched alkanes of at least 4 members (excludes halogenated alkanes) is 8. The van der Waals surface area contributed by atoms with Crippen LogP contribution < -0.4 is 0 Å². The van der Waals surface area contributed by atoms with Crippen molar-refractivity contribution in [3.05, 3.63) is 36.6 Å². The molecule has 130 valence electrons. The molecule has 0 aromatic heterocycles. The van der Waals surface area contributed by atoms with Crippen molar-refractivity contribution in [2.24, 2.45) is 0 Å². The van der Waals surface area contributed by atoms with E-state index in [9.17, 15) is 0 Å². The molecule has 2 nitrogen and oxygen atoms in total. The van der Waals surface area contributed by atoms with Gasteiger partial charge >= 0.3 is 0 Å². The van der Waals surface area contributed by atoms with Crippen molar-refractivity contribution in [1.82, 2.24) is 0 Å². The molecule has 0 fully saturated rings. The van der Waals surface area contributed by atoms with Gasteiger partial charge in [0.2, 0.25) is 0 Å². The highest BCUT2D eigenvalue weighted by Gasteiger charge is 1.94. The smallest absolute Gasteiger partial charge is 0.115 e. The molecular weight excluding hydrogens is 272 g/mol. The third-order valence-corrected chi connectivity index (χ3v) is 3.25. The van der Waals surface area contributed by atoms with Crippen LogP contribution in [0.4, 0.5) is 0 Å². The zero-order chi connectivity index (χ0) is 16.9. The van der Waals surface area contributed by atoms with E-state index in [0.29, 0.717) is 6.61 Å². The van der Waals surface area contributed by atoms with Gasteiger partial charge in [0.1, 0.15) is 5.76 Å². The predicted molar refractivity (Wildman–Crippen MR) is 99.0 cm³/mol. The molecule has 0 radical (unpaired) electrons. The fourth-order valence-electron chi connectivity index (χ4n) is 2.03. The Balaban J connectivity index is 0. The molecule has 0 unspecified atom stereocenters. The Morgan fingerprint density at radius 2 is 1.41 bits per heavy atom. The van der Waals surface area contributed by atoms with Crippen LogP contribution in [0.25, 0.3) is 0 Å². The van der Waals surface area contributed by atoms with Gasteiger partial charge in [-0.3, -0.25) is 0 Å². The van der Waals surface area contributed by atoms with E-state index in [4.69, 9.17) is 9.84 Å². The molecule has 0 bridgehead atoms. The van der Waals surface area contributed by atoms with E-state index in [1.54, 1.807) is 6.08 Å². The van der Waals surface area contributed by atoms with Gasteiger partial charge in [0, 0.05) is 6.61 Å². The van der Waals surface area contributed by atoms with Crippen LogP contribution in [0.15, 0.2) is 36.6 Å². The minimum absolute atomic E-state index is 0.343. The number of allylic oxidation sites excluding steroid dienone is 4. The molecule has 0 atom stereocenters. The Labute approximate surface area is 139 Å². The number of hydrogen-bond donors (Lipinski definition) is 1. The molecule has 0 amide bonds. The molecule has 0 aliphatic rings. The number of ether oxygens (including phenoxy) is 1. The van der Waals surface area contributed by atoms with Crippen molar-refractivity contribution in [3.63, 3.8) is 0 Å². The molecule has 0 rings (SSSR count). The van der Waals surface area contributed by atoms with Crippen molar-refractivity contribution < 1.29 is 9.84 Å². The predicted octanol–water partition coefficient (Wildman–Crippen LogP) is 6.18. The molecule has 0 aromatic rings. The summed E-state index contributed by atoms with van der Waals surface area (Å²) in [5, 5.41) is 8.67. The molecule has 0 saturated heterocycles. The van der Waals surface area contributed by atoms with Gasteiger partial charge in [0.15, 0.2) is 0 Å². The number of rotatable bonds is 14. The second-order valence-corrected chi connectivity index (χ2v) is 5.04. The molecule has 0 aliphatic carbocycles. The van der Waals surface area contributed by atoms with Crippen LogP contribution in [0.3, 0.4) is 0 Å². The van der Waals surface area contributed by atoms with Crippen molar-refractivity contribution in [2.75, 3.05) is 13.2 Å². The number of hydrogen-bond acceptors (Lipinski definition) is 2. The highest BCUT2D eigenvalue weighted by molar-refractivity contribution is 5.15. The van der Waals surface area contributed by atoms with Crippen LogP contribution >= 0.6 is 0 Å². The Morgan fingerprint density at radius 3 is 1.86 bits per heavy atom. The molecule has 0 saturated carbocycles. The maximum absolute atomic E-state index is 8.67. The highest BCUT2D eigenvalue weighted by Crippen LogP contribution is 2.10. The maximum Gasteiger partial charge on any atom is 0.115 e. The van der Waals surface area contributed by atoms with Crippen LogP contribution in [0.5, 0.6) is 0 Å². The topological polar surface area (TPSA) is 29.5 Å². The lowest BCUT2D eigenvalue weighted by molar-refractivity contribution is 0.216. The lowest BCUT2D eigenvalue weighted by Gasteiger charge is -2.06. The van der Waals surface area contributed by atoms with Gasteiger partial charge in [-0.25, -0.2) is 0 Å². The van der Waals surface area contributed by atoms with Gasteiger partial charge in [0.05, 0.1) is 6.61 Å². The first-order chi connectivity index (χ1) is 10.8. The average Bonchev–Trinajstić information content (AvgIpc) is 2.57. The van der Waals surface area contributed by atoms with Crippen molar-refractivity contribution in [2.45, 2.75) is 78.6 Å². The Morgan fingerprint density at radius 1 is 0.909 bits per heavy atom. The SMILES string of the molecule is C=C/C=C\C(=C/C)OCCCCCCCCCCCO.CC. The summed E-state index contributed by atoms with van der Waals surface area (Å²) in [6.07, 6.45) is 18.6. The molecule has 2 heteroatoms. The lowest BCUT2D eigenvalue weighted by Crippen LogP contribution is -1.93. The Bertz CT molecular complexity index is 267. The summed E-state index contributed by atoms with van der Waals surface area (Å²) in [6, 6.07) is 0. The summed E-state index contributed by atoms with van der Waals surface area (Å²) < 4.78 is 5.67. The average molecular weight is 311 g/mol. The van der Waals surface area contributed by atoms with E-state index in [2.05, 4.69) is 6.58 Å². The molecule has 0 spiro atoms. The van der Waals surface area contributed by atoms with Gasteiger partial charge in [-0.05, 0) is 31.9 Å². The molecular formula is C20H38O2. The lowest BCUT2D eigenvalue weighted by atomic mass is 10.1. The van der Waals surface area contributed by atoms with E-state index in [-0.39, 0.29) is 0 Å². The van der Waals surface area contributed by atoms with Gasteiger partial charge in [-0.2, -0.15) is 0 Å². The minimum Gasteiger partial charge on any atom is -0.494 e. The van der Waals surface area contributed by atoms with Crippen LogP contribution in [-0.4, -0.2) is 18.3 Å². The van der Waals surface area contributed by atoms with Crippen molar-refractivity contribution in [3.8, 4) is 0 Å². The quantitative estimate of drug-likeness (QED) is 0.236. The second-order valence-electron chi connectivity index (χ2n) is 5.04. The van der Waals surface area contributed by atoms with Crippen molar-refractivity contribution in [1.29, 1.82) is 0 Å². The number of aliphatic hydroxyl groups excluding tert-OH is 1. The fourth-order valence-corrected chi connectivity index (χ4v) is 2.03. The highest BCUT2D eigenvalue weighted by atomic mass is 16.5. The van der Waals surface area contributed by atoms with Gasteiger partial charge in [-0.1, -0.05) is 77.5 Å². The summed E-state index contributed by atoms with van der Waals surface area (Å²) in [5.41, 5.74) is 0. The Kier molecular flexibility index (Phi) is 23.5. The largest absolute Gasteiger partial charge is 0.494 e. The number of aliphatic hydroxyl groups is 1. The zero-order valence-electron chi connectivity index (χ0n) is 15.2. The van der Waals surface area contributed by atoms with E-state index in [1.807, 2.05) is 39.0 Å². The van der Waals surface area contributed by atoms with Crippen LogP contribution in [0, 0.1) is 0 Å². The first-order valence-electron chi connectivity index (χ1n) is 9.04. The minimum atomic E-state index is 0.343. The normalized spacial score (nSPS) is 11.2. The third-order valence-electron chi connectivity index (χ3n) is 3.25. The first-order valence-corrected chi connectivity index (χ1v) is 9.04. The van der Waals surface area contributed by atoms with Crippen LogP contribution in [-0.2, 0) is 4.74 Å². The third kappa shape index (κ3) is 19.0.